The lowest BCUT2D eigenvalue weighted by Crippen LogP contribution is -2.50. The van der Waals surface area contributed by atoms with Crippen LogP contribution in [0.25, 0.3) is 0 Å². The van der Waals surface area contributed by atoms with Gasteiger partial charge in [-0.25, -0.2) is 9.97 Å². The molecular formula is C18H27N5O. The molecule has 130 valence electrons. The van der Waals surface area contributed by atoms with Crippen LogP contribution in [0.5, 0.6) is 0 Å². The Kier molecular flexibility index (Phi) is 4.65. The van der Waals surface area contributed by atoms with Gasteiger partial charge in [-0.15, -0.1) is 0 Å². The van der Waals surface area contributed by atoms with Gasteiger partial charge < -0.3 is 10.2 Å². The van der Waals surface area contributed by atoms with E-state index in [9.17, 15) is 4.79 Å². The van der Waals surface area contributed by atoms with Gasteiger partial charge in [0.2, 0.25) is 11.9 Å². The predicted molar refractivity (Wildman–Crippen MR) is 92.7 cm³/mol. The number of hydrogen-bond donors (Lipinski definition) is 1. The van der Waals surface area contributed by atoms with Gasteiger partial charge in [0.05, 0.1) is 5.92 Å². The molecule has 3 fully saturated rings. The van der Waals surface area contributed by atoms with Gasteiger partial charge in [-0.2, -0.15) is 0 Å². The molecule has 3 atom stereocenters. The minimum atomic E-state index is 0.0557. The number of piperidine rings is 2. The third kappa shape index (κ3) is 3.24. The highest BCUT2D eigenvalue weighted by Gasteiger charge is 2.37. The molecule has 1 amide bonds. The summed E-state index contributed by atoms with van der Waals surface area (Å²) in [6, 6.07) is 2.74. The maximum absolute atomic E-state index is 12.8. The van der Waals surface area contributed by atoms with Crippen LogP contribution >= 0.6 is 0 Å². The average molecular weight is 329 g/mol. The smallest absolute Gasteiger partial charge is 0.225 e. The Morgan fingerprint density at radius 2 is 1.92 bits per heavy atom. The van der Waals surface area contributed by atoms with Crippen LogP contribution in [0, 0.1) is 5.92 Å². The van der Waals surface area contributed by atoms with Crippen molar-refractivity contribution < 1.29 is 4.79 Å². The number of rotatable bonds is 3. The monoisotopic (exact) mass is 329 g/mol. The van der Waals surface area contributed by atoms with E-state index in [1.807, 2.05) is 6.07 Å². The summed E-state index contributed by atoms with van der Waals surface area (Å²) in [5.74, 6) is 1.03. The zero-order valence-electron chi connectivity index (χ0n) is 14.2. The lowest BCUT2D eigenvalue weighted by atomic mass is 9.95. The number of nitrogens with one attached hydrogen (secondary N) is 1. The van der Waals surface area contributed by atoms with Crippen molar-refractivity contribution in [2.24, 2.45) is 5.92 Å². The maximum Gasteiger partial charge on any atom is 0.225 e. The molecule has 1 aromatic heterocycles. The highest BCUT2D eigenvalue weighted by molar-refractivity contribution is 5.80. The first-order chi connectivity index (χ1) is 11.8. The molecule has 3 aliphatic rings. The van der Waals surface area contributed by atoms with Crippen LogP contribution in [0.15, 0.2) is 18.5 Å². The van der Waals surface area contributed by atoms with E-state index in [-0.39, 0.29) is 11.8 Å². The molecule has 24 heavy (non-hydrogen) atoms. The van der Waals surface area contributed by atoms with Crippen molar-refractivity contribution in [3.05, 3.63) is 18.5 Å². The van der Waals surface area contributed by atoms with Crippen LogP contribution in [0.3, 0.4) is 0 Å². The first-order valence-corrected chi connectivity index (χ1v) is 9.37. The molecule has 4 rings (SSSR count). The third-order valence-corrected chi connectivity index (χ3v) is 5.81. The van der Waals surface area contributed by atoms with Crippen molar-refractivity contribution in [1.29, 1.82) is 0 Å². The highest BCUT2D eigenvalue weighted by Crippen LogP contribution is 2.28. The molecule has 3 saturated heterocycles. The van der Waals surface area contributed by atoms with Crippen molar-refractivity contribution in [1.82, 2.24) is 20.2 Å². The Hall–Kier alpha value is -1.69. The van der Waals surface area contributed by atoms with E-state index in [0.717, 1.165) is 44.8 Å². The quantitative estimate of drug-likeness (QED) is 0.909. The standard InChI is InChI=1S/C18H27N5O/c24-17(21-15-7-12-22-10-2-1-6-16(15)22)14-5-3-11-23(13-14)18-19-8-4-9-20-18/h4,8-9,14-16H,1-3,5-7,10-13H2,(H,21,24)/t14-,15-,16+/m1/s1. The fourth-order valence-corrected chi connectivity index (χ4v) is 4.54. The zero-order valence-corrected chi connectivity index (χ0v) is 14.2. The molecule has 0 radical (unpaired) electrons. The van der Waals surface area contributed by atoms with Crippen molar-refractivity contribution >= 4 is 11.9 Å². The Labute approximate surface area is 143 Å². The summed E-state index contributed by atoms with van der Waals surface area (Å²) in [6.07, 6.45) is 10.5. The molecule has 0 unspecified atom stereocenters. The topological polar surface area (TPSA) is 61.4 Å². The Bertz CT molecular complexity index is 566. The number of hydrogen-bond acceptors (Lipinski definition) is 5. The van der Waals surface area contributed by atoms with Gasteiger partial charge in [0, 0.05) is 44.1 Å². The number of nitrogens with zero attached hydrogens (tertiary/aromatic N) is 4. The van der Waals surface area contributed by atoms with Crippen molar-refractivity contribution in [3.63, 3.8) is 0 Å². The Balaban J connectivity index is 1.36. The normalized spacial score (nSPS) is 30.8. The first-order valence-electron chi connectivity index (χ1n) is 9.37. The van der Waals surface area contributed by atoms with E-state index >= 15 is 0 Å². The van der Waals surface area contributed by atoms with Gasteiger partial charge in [0.25, 0.3) is 0 Å². The summed E-state index contributed by atoms with van der Waals surface area (Å²) >= 11 is 0. The number of aromatic nitrogens is 2. The molecule has 1 aromatic rings. The molecule has 6 heteroatoms. The van der Waals surface area contributed by atoms with Crippen molar-refractivity contribution in [2.45, 2.75) is 50.6 Å². The summed E-state index contributed by atoms with van der Waals surface area (Å²) in [4.78, 5) is 26.2. The molecule has 6 nitrogen and oxygen atoms in total. The minimum absolute atomic E-state index is 0.0557. The third-order valence-electron chi connectivity index (χ3n) is 5.81. The lowest BCUT2D eigenvalue weighted by Gasteiger charge is -2.35. The van der Waals surface area contributed by atoms with E-state index in [1.54, 1.807) is 12.4 Å². The van der Waals surface area contributed by atoms with Crippen LogP contribution in [-0.2, 0) is 4.79 Å². The number of anilines is 1. The summed E-state index contributed by atoms with van der Waals surface area (Å²) in [7, 11) is 0. The SMILES string of the molecule is O=C(N[C@@H]1CCN2CCCC[C@@H]12)[C@@H]1CCCN(c2ncccn2)C1. The van der Waals surface area contributed by atoms with Gasteiger partial charge >= 0.3 is 0 Å². The second-order valence-corrected chi connectivity index (χ2v) is 7.34. The molecule has 4 heterocycles. The van der Waals surface area contributed by atoms with Gasteiger partial charge in [-0.3, -0.25) is 9.69 Å². The van der Waals surface area contributed by atoms with Crippen LogP contribution in [0.1, 0.15) is 38.5 Å². The van der Waals surface area contributed by atoms with Crippen LogP contribution < -0.4 is 10.2 Å². The summed E-state index contributed by atoms with van der Waals surface area (Å²) < 4.78 is 0. The van der Waals surface area contributed by atoms with E-state index < -0.39 is 0 Å². The number of amides is 1. The maximum atomic E-state index is 12.8. The predicted octanol–water partition coefficient (Wildman–Crippen LogP) is 1.44. The molecule has 0 aromatic carbocycles. The molecule has 1 N–H and O–H groups in total. The fraction of sp³-hybridized carbons (Fsp3) is 0.722. The van der Waals surface area contributed by atoms with Crippen LogP contribution in [0.4, 0.5) is 5.95 Å². The van der Waals surface area contributed by atoms with E-state index in [2.05, 4.69) is 25.1 Å². The van der Waals surface area contributed by atoms with Crippen LogP contribution in [0.2, 0.25) is 0 Å². The number of carbonyl (C=O) groups excluding carboxylic acids is 1. The number of carbonyl (C=O) groups is 1. The molecule has 3 aliphatic heterocycles. The van der Waals surface area contributed by atoms with E-state index in [1.165, 1.54) is 25.8 Å². The summed E-state index contributed by atoms with van der Waals surface area (Å²) in [5.41, 5.74) is 0. The fourth-order valence-electron chi connectivity index (χ4n) is 4.54. The van der Waals surface area contributed by atoms with Gasteiger partial charge in [0.1, 0.15) is 0 Å². The summed E-state index contributed by atoms with van der Waals surface area (Å²) in [5, 5.41) is 3.37. The molecule has 0 bridgehead atoms. The highest BCUT2D eigenvalue weighted by atomic mass is 16.2. The Morgan fingerprint density at radius 1 is 1.04 bits per heavy atom. The van der Waals surface area contributed by atoms with Crippen molar-refractivity contribution in [3.8, 4) is 0 Å². The molecule has 0 saturated carbocycles. The zero-order chi connectivity index (χ0) is 16.4. The first kappa shape index (κ1) is 15.8. The summed E-state index contributed by atoms with van der Waals surface area (Å²) in [6.45, 7) is 4.02. The Morgan fingerprint density at radius 3 is 2.79 bits per heavy atom. The average Bonchev–Trinajstić information content (AvgIpc) is 3.06. The van der Waals surface area contributed by atoms with Crippen LogP contribution in [-0.4, -0.2) is 59.0 Å². The second kappa shape index (κ2) is 7.05. The molecular weight excluding hydrogens is 302 g/mol. The second-order valence-electron chi connectivity index (χ2n) is 7.34. The molecule has 0 spiro atoms. The lowest BCUT2D eigenvalue weighted by molar-refractivity contribution is -0.126. The van der Waals surface area contributed by atoms with E-state index in [4.69, 9.17) is 0 Å². The number of fused-ring (bicyclic) bond motifs is 1. The van der Waals surface area contributed by atoms with Gasteiger partial charge in [-0.1, -0.05) is 6.42 Å². The van der Waals surface area contributed by atoms with E-state index in [0.29, 0.717) is 12.1 Å². The minimum Gasteiger partial charge on any atom is -0.351 e. The van der Waals surface area contributed by atoms with Gasteiger partial charge in [-0.05, 0) is 44.7 Å². The van der Waals surface area contributed by atoms with Gasteiger partial charge in [0.15, 0.2) is 0 Å². The largest absolute Gasteiger partial charge is 0.351 e. The molecule has 0 aliphatic carbocycles. The van der Waals surface area contributed by atoms with Crippen molar-refractivity contribution in [2.75, 3.05) is 31.1 Å².